The molecule has 0 aliphatic carbocycles. The van der Waals surface area contributed by atoms with Crippen LogP contribution in [-0.4, -0.2) is 21.2 Å². The van der Waals surface area contributed by atoms with Gasteiger partial charge in [0.05, 0.1) is 4.90 Å². The second-order valence-corrected chi connectivity index (χ2v) is 4.93. The normalized spacial score (nSPS) is 12.1. The highest BCUT2D eigenvalue weighted by molar-refractivity contribution is 7.90. The Morgan fingerprint density at radius 1 is 1.36 bits per heavy atom. The summed E-state index contributed by atoms with van der Waals surface area (Å²) in [5.74, 6) is 0. The smallest absolute Gasteiger partial charge is 0.176 e. The fourth-order valence-corrected chi connectivity index (χ4v) is 2.04. The first-order chi connectivity index (χ1) is 6.55. The van der Waals surface area contributed by atoms with Crippen LogP contribution in [-0.2, 0) is 9.84 Å². The molecule has 0 amide bonds. The van der Waals surface area contributed by atoms with E-state index in [9.17, 15) is 8.42 Å². The van der Waals surface area contributed by atoms with E-state index in [0.717, 1.165) is 0 Å². The van der Waals surface area contributed by atoms with E-state index < -0.39 is 9.84 Å². The van der Waals surface area contributed by atoms with Crippen molar-refractivity contribution in [2.75, 3.05) is 12.8 Å². The molecule has 0 aromatic heterocycles. The SMILES string of the molecule is CS(=O)(=O)c1ccccc1C=CCN. The van der Waals surface area contributed by atoms with Crippen molar-refractivity contribution in [2.45, 2.75) is 4.90 Å². The molecule has 0 aliphatic rings. The molecule has 0 heterocycles. The first-order valence-electron chi connectivity index (χ1n) is 4.21. The second-order valence-electron chi connectivity index (χ2n) is 2.95. The minimum atomic E-state index is -3.16. The summed E-state index contributed by atoms with van der Waals surface area (Å²) in [5.41, 5.74) is 5.98. The van der Waals surface area contributed by atoms with Gasteiger partial charge >= 0.3 is 0 Å². The van der Waals surface area contributed by atoms with E-state index in [0.29, 0.717) is 17.0 Å². The number of benzene rings is 1. The molecule has 0 unspecified atom stereocenters. The van der Waals surface area contributed by atoms with Crippen LogP contribution in [0, 0.1) is 0 Å². The second kappa shape index (κ2) is 4.39. The molecule has 0 spiro atoms. The van der Waals surface area contributed by atoms with E-state index in [4.69, 9.17) is 5.73 Å². The Kier molecular flexibility index (Phi) is 3.43. The van der Waals surface area contributed by atoms with Crippen LogP contribution in [0.2, 0.25) is 0 Å². The van der Waals surface area contributed by atoms with Gasteiger partial charge in [0.1, 0.15) is 0 Å². The molecule has 0 atom stereocenters. The van der Waals surface area contributed by atoms with Crippen molar-refractivity contribution in [2.24, 2.45) is 5.73 Å². The van der Waals surface area contributed by atoms with Gasteiger partial charge in [-0.25, -0.2) is 8.42 Å². The summed E-state index contributed by atoms with van der Waals surface area (Å²) in [6.07, 6.45) is 4.64. The number of nitrogens with two attached hydrogens (primary N) is 1. The molecule has 0 radical (unpaired) electrons. The first-order valence-corrected chi connectivity index (χ1v) is 6.10. The first kappa shape index (κ1) is 10.9. The van der Waals surface area contributed by atoms with Gasteiger partial charge in [-0.15, -0.1) is 0 Å². The number of hydrogen-bond donors (Lipinski definition) is 1. The van der Waals surface area contributed by atoms with E-state index in [1.807, 2.05) is 0 Å². The maximum atomic E-state index is 11.4. The molecule has 1 aromatic rings. The molecule has 0 fully saturated rings. The minimum Gasteiger partial charge on any atom is -0.327 e. The van der Waals surface area contributed by atoms with Crippen molar-refractivity contribution >= 4 is 15.9 Å². The van der Waals surface area contributed by atoms with Gasteiger partial charge in [0.15, 0.2) is 9.84 Å². The highest BCUT2D eigenvalue weighted by atomic mass is 32.2. The molecule has 4 heteroatoms. The molecule has 0 aliphatic heterocycles. The maximum absolute atomic E-state index is 11.4. The summed E-state index contributed by atoms with van der Waals surface area (Å²) in [6.45, 7) is 0.401. The zero-order valence-corrected chi connectivity index (χ0v) is 8.79. The fourth-order valence-electron chi connectivity index (χ4n) is 1.15. The van der Waals surface area contributed by atoms with Crippen molar-refractivity contribution in [3.8, 4) is 0 Å². The third kappa shape index (κ3) is 2.68. The van der Waals surface area contributed by atoms with Gasteiger partial charge in [-0.2, -0.15) is 0 Å². The van der Waals surface area contributed by atoms with Gasteiger partial charge < -0.3 is 5.73 Å². The summed E-state index contributed by atoms with van der Waals surface area (Å²) >= 11 is 0. The van der Waals surface area contributed by atoms with Crippen LogP contribution in [0.3, 0.4) is 0 Å². The van der Waals surface area contributed by atoms with Crippen LogP contribution in [0.1, 0.15) is 5.56 Å². The summed E-state index contributed by atoms with van der Waals surface area (Å²) < 4.78 is 22.7. The van der Waals surface area contributed by atoms with Crippen molar-refractivity contribution in [1.82, 2.24) is 0 Å². The maximum Gasteiger partial charge on any atom is 0.176 e. The molecule has 76 valence electrons. The highest BCUT2D eigenvalue weighted by Gasteiger charge is 2.09. The van der Waals surface area contributed by atoms with Gasteiger partial charge in [0, 0.05) is 12.8 Å². The molecule has 0 bridgehead atoms. The van der Waals surface area contributed by atoms with E-state index in [-0.39, 0.29) is 0 Å². The third-order valence-corrected chi connectivity index (χ3v) is 2.92. The molecule has 0 saturated heterocycles. The van der Waals surface area contributed by atoms with Gasteiger partial charge in [0.25, 0.3) is 0 Å². The minimum absolute atomic E-state index is 0.338. The lowest BCUT2D eigenvalue weighted by molar-refractivity contribution is 0.601. The van der Waals surface area contributed by atoms with Gasteiger partial charge in [-0.3, -0.25) is 0 Å². The third-order valence-electron chi connectivity index (χ3n) is 1.75. The lowest BCUT2D eigenvalue weighted by atomic mass is 10.2. The van der Waals surface area contributed by atoms with E-state index >= 15 is 0 Å². The van der Waals surface area contributed by atoms with Gasteiger partial charge in [-0.05, 0) is 11.6 Å². The number of sulfone groups is 1. The van der Waals surface area contributed by atoms with Crippen molar-refractivity contribution in [3.05, 3.63) is 35.9 Å². The highest BCUT2D eigenvalue weighted by Crippen LogP contribution is 2.16. The summed E-state index contributed by atoms with van der Waals surface area (Å²) in [5, 5.41) is 0. The summed E-state index contributed by atoms with van der Waals surface area (Å²) in [7, 11) is -3.16. The topological polar surface area (TPSA) is 60.2 Å². The van der Waals surface area contributed by atoms with Gasteiger partial charge in [-0.1, -0.05) is 30.4 Å². The standard InChI is InChI=1S/C10H13NO2S/c1-14(12,13)10-7-3-2-5-9(10)6-4-8-11/h2-7H,8,11H2,1H3. The number of rotatable bonds is 3. The molecule has 0 saturated carbocycles. The number of hydrogen-bond acceptors (Lipinski definition) is 3. The Bertz CT molecular complexity index is 435. The molecule has 14 heavy (non-hydrogen) atoms. The molecule has 1 rings (SSSR count). The Balaban J connectivity index is 3.24. The van der Waals surface area contributed by atoms with Gasteiger partial charge in [0.2, 0.25) is 0 Å². The Morgan fingerprint density at radius 2 is 2.00 bits per heavy atom. The molecular weight excluding hydrogens is 198 g/mol. The van der Waals surface area contributed by atoms with Crippen LogP contribution < -0.4 is 5.73 Å². The predicted molar refractivity (Wildman–Crippen MR) is 57.6 cm³/mol. The average Bonchev–Trinajstić information content (AvgIpc) is 2.14. The Labute approximate surface area is 84.2 Å². The quantitative estimate of drug-likeness (QED) is 0.813. The molecular formula is C10H13NO2S. The van der Waals surface area contributed by atoms with Crippen molar-refractivity contribution in [1.29, 1.82) is 0 Å². The van der Waals surface area contributed by atoms with E-state index in [1.54, 1.807) is 36.4 Å². The molecule has 2 N–H and O–H groups in total. The zero-order chi connectivity index (χ0) is 10.6. The molecule has 3 nitrogen and oxygen atoms in total. The van der Waals surface area contributed by atoms with Crippen LogP contribution >= 0.6 is 0 Å². The Morgan fingerprint density at radius 3 is 2.57 bits per heavy atom. The Hall–Kier alpha value is -1.13. The summed E-state index contributed by atoms with van der Waals surface area (Å²) in [4.78, 5) is 0.338. The lowest BCUT2D eigenvalue weighted by Gasteiger charge is -2.02. The van der Waals surface area contributed by atoms with Crippen LogP contribution in [0.25, 0.3) is 6.08 Å². The van der Waals surface area contributed by atoms with Crippen molar-refractivity contribution in [3.63, 3.8) is 0 Å². The van der Waals surface area contributed by atoms with Crippen LogP contribution in [0.5, 0.6) is 0 Å². The average molecular weight is 211 g/mol. The zero-order valence-electron chi connectivity index (χ0n) is 7.97. The summed E-state index contributed by atoms with van der Waals surface area (Å²) in [6, 6.07) is 6.84. The predicted octanol–water partition coefficient (Wildman–Crippen LogP) is 1.06. The van der Waals surface area contributed by atoms with Crippen LogP contribution in [0.4, 0.5) is 0 Å². The fraction of sp³-hybridized carbons (Fsp3) is 0.200. The lowest BCUT2D eigenvalue weighted by Crippen LogP contribution is -2.00. The largest absolute Gasteiger partial charge is 0.327 e. The van der Waals surface area contributed by atoms with Crippen LogP contribution in [0.15, 0.2) is 35.2 Å². The van der Waals surface area contributed by atoms with E-state index in [2.05, 4.69) is 0 Å². The molecule has 1 aromatic carbocycles. The monoisotopic (exact) mass is 211 g/mol. The van der Waals surface area contributed by atoms with Crippen molar-refractivity contribution < 1.29 is 8.42 Å². The van der Waals surface area contributed by atoms with E-state index in [1.165, 1.54) is 6.26 Å².